The molecule has 2 heteroatoms. The molecule has 0 aromatic heterocycles. The molecule has 1 aromatic rings. The largest absolute Gasteiger partial charge is 0.495 e. The van der Waals surface area contributed by atoms with Crippen molar-refractivity contribution in [1.29, 1.82) is 0 Å². The fourth-order valence-electron chi connectivity index (χ4n) is 3.22. The standard InChI is InChI=1S/C19H31NO/c1-6-14-7-10-16(11-8-14)20-17-13-15(19(2,3)4)9-12-18(17)21-5/h9,12-14,16,20H,6-8,10-11H2,1-5H3. The lowest BCUT2D eigenvalue weighted by Crippen LogP contribution is -2.26. The highest BCUT2D eigenvalue weighted by Crippen LogP contribution is 2.34. The topological polar surface area (TPSA) is 21.3 Å². The van der Waals surface area contributed by atoms with Gasteiger partial charge in [0.1, 0.15) is 5.75 Å². The molecular formula is C19H31NO. The van der Waals surface area contributed by atoms with E-state index in [1.807, 2.05) is 0 Å². The molecule has 0 saturated heterocycles. The summed E-state index contributed by atoms with van der Waals surface area (Å²) in [6.45, 7) is 9.08. The van der Waals surface area contributed by atoms with Crippen LogP contribution < -0.4 is 10.1 Å². The number of rotatable bonds is 4. The van der Waals surface area contributed by atoms with Gasteiger partial charge >= 0.3 is 0 Å². The Morgan fingerprint density at radius 3 is 2.33 bits per heavy atom. The molecule has 1 fully saturated rings. The Bertz CT molecular complexity index is 453. The van der Waals surface area contributed by atoms with E-state index in [0.717, 1.165) is 17.4 Å². The van der Waals surface area contributed by atoms with Gasteiger partial charge in [-0.05, 0) is 54.7 Å². The van der Waals surface area contributed by atoms with Gasteiger partial charge in [0, 0.05) is 6.04 Å². The van der Waals surface area contributed by atoms with E-state index in [9.17, 15) is 0 Å². The summed E-state index contributed by atoms with van der Waals surface area (Å²) in [6, 6.07) is 7.14. The van der Waals surface area contributed by atoms with Gasteiger partial charge in [-0.3, -0.25) is 0 Å². The molecule has 1 N–H and O–H groups in total. The molecule has 1 aromatic carbocycles. The van der Waals surface area contributed by atoms with Crippen LogP contribution in [-0.4, -0.2) is 13.2 Å². The van der Waals surface area contributed by atoms with Crippen LogP contribution in [0, 0.1) is 5.92 Å². The molecule has 2 rings (SSSR count). The Morgan fingerprint density at radius 2 is 1.81 bits per heavy atom. The van der Waals surface area contributed by atoms with Gasteiger partial charge in [-0.15, -0.1) is 0 Å². The number of anilines is 1. The van der Waals surface area contributed by atoms with Crippen molar-refractivity contribution in [3.8, 4) is 5.75 Å². The summed E-state index contributed by atoms with van der Waals surface area (Å²) in [7, 11) is 1.76. The summed E-state index contributed by atoms with van der Waals surface area (Å²) < 4.78 is 5.53. The van der Waals surface area contributed by atoms with E-state index in [1.54, 1.807) is 7.11 Å². The maximum Gasteiger partial charge on any atom is 0.141 e. The molecule has 0 heterocycles. The Kier molecular flexibility index (Phi) is 5.18. The van der Waals surface area contributed by atoms with Crippen molar-refractivity contribution in [2.24, 2.45) is 5.92 Å². The average Bonchev–Trinajstić information content (AvgIpc) is 2.47. The first-order chi connectivity index (χ1) is 9.94. The molecule has 1 saturated carbocycles. The Balaban J connectivity index is 2.11. The first-order valence-electron chi connectivity index (χ1n) is 8.39. The minimum atomic E-state index is 0.169. The van der Waals surface area contributed by atoms with Crippen molar-refractivity contribution >= 4 is 5.69 Å². The van der Waals surface area contributed by atoms with Crippen molar-refractivity contribution in [2.45, 2.75) is 71.3 Å². The van der Waals surface area contributed by atoms with E-state index in [0.29, 0.717) is 6.04 Å². The summed E-state index contributed by atoms with van der Waals surface area (Å²) in [5.74, 6) is 1.89. The summed E-state index contributed by atoms with van der Waals surface area (Å²) in [5, 5.41) is 3.73. The molecule has 21 heavy (non-hydrogen) atoms. The summed E-state index contributed by atoms with van der Waals surface area (Å²) >= 11 is 0. The maximum absolute atomic E-state index is 5.53. The second-order valence-corrected chi connectivity index (χ2v) is 7.44. The molecule has 0 bridgehead atoms. The van der Waals surface area contributed by atoms with Crippen molar-refractivity contribution in [3.05, 3.63) is 23.8 Å². The van der Waals surface area contributed by atoms with Gasteiger partial charge < -0.3 is 10.1 Å². The van der Waals surface area contributed by atoms with E-state index >= 15 is 0 Å². The minimum absolute atomic E-state index is 0.169. The van der Waals surface area contributed by atoms with Crippen LogP contribution in [0.4, 0.5) is 5.69 Å². The van der Waals surface area contributed by atoms with Crippen LogP contribution in [0.1, 0.15) is 65.4 Å². The van der Waals surface area contributed by atoms with Crippen molar-refractivity contribution < 1.29 is 4.74 Å². The van der Waals surface area contributed by atoms with E-state index < -0.39 is 0 Å². The molecule has 0 atom stereocenters. The summed E-state index contributed by atoms with van der Waals surface area (Å²) in [4.78, 5) is 0. The fraction of sp³-hybridized carbons (Fsp3) is 0.684. The summed E-state index contributed by atoms with van der Waals surface area (Å²) in [6.07, 6.45) is 6.60. The van der Waals surface area contributed by atoms with Crippen LogP contribution in [0.3, 0.4) is 0 Å². The lowest BCUT2D eigenvalue weighted by atomic mass is 9.84. The van der Waals surface area contributed by atoms with Gasteiger partial charge in [0.2, 0.25) is 0 Å². The van der Waals surface area contributed by atoms with Gasteiger partial charge in [-0.25, -0.2) is 0 Å². The highest BCUT2D eigenvalue weighted by Gasteiger charge is 2.22. The number of hydrogen-bond acceptors (Lipinski definition) is 2. The highest BCUT2D eigenvalue weighted by atomic mass is 16.5. The lowest BCUT2D eigenvalue weighted by molar-refractivity contribution is 0.329. The van der Waals surface area contributed by atoms with E-state index in [1.165, 1.54) is 37.7 Å². The molecule has 118 valence electrons. The molecular weight excluding hydrogens is 258 g/mol. The maximum atomic E-state index is 5.53. The second kappa shape index (κ2) is 6.72. The Labute approximate surface area is 130 Å². The number of methoxy groups -OCH3 is 1. The SMILES string of the molecule is CCC1CCC(Nc2cc(C(C)(C)C)ccc2OC)CC1. The zero-order valence-corrected chi connectivity index (χ0v) is 14.3. The predicted molar refractivity (Wildman–Crippen MR) is 91.4 cm³/mol. The van der Waals surface area contributed by atoms with Crippen LogP contribution in [0.5, 0.6) is 5.75 Å². The third-order valence-corrected chi connectivity index (χ3v) is 4.85. The first kappa shape index (κ1) is 16.2. The third kappa shape index (κ3) is 4.15. The molecule has 0 aliphatic heterocycles. The van der Waals surface area contributed by atoms with E-state index in [4.69, 9.17) is 4.74 Å². The fourth-order valence-corrected chi connectivity index (χ4v) is 3.22. The highest BCUT2D eigenvalue weighted by molar-refractivity contribution is 5.59. The quantitative estimate of drug-likeness (QED) is 0.804. The van der Waals surface area contributed by atoms with Crippen LogP contribution in [0.25, 0.3) is 0 Å². The van der Waals surface area contributed by atoms with Gasteiger partial charge in [0.15, 0.2) is 0 Å². The number of hydrogen-bond donors (Lipinski definition) is 1. The van der Waals surface area contributed by atoms with Gasteiger partial charge in [-0.1, -0.05) is 40.2 Å². The monoisotopic (exact) mass is 289 g/mol. The molecule has 1 aliphatic rings. The van der Waals surface area contributed by atoms with Crippen LogP contribution >= 0.6 is 0 Å². The van der Waals surface area contributed by atoms with Gasteiger partial charge in [0.25, 0.3) is 0 Å². The zero-order valence-electron chi connectivity index (χ0n) is 14.3. The molecule has 1 aliphatic carbocycles. The molecule has 0 spiro atoms. The molecule has 0 unspecified atom stereocenters. The van der Waals surface area contributed by atoms with Crippen molar-refractivity contribution in [3.63, 3.8) is 0 Å². The Morgan fingerprint density at radius 1 is 1.14 bits per heavy atom. The number of nitrogens with one attached hydrogen (secondary N) is 1. The van der Waals surface area contributed by atoms with Crippen LogP contribution in [0.15, 0.2) is 18.2 Å². The molecule has 2 nitrogen and oxygen atoms in total. The average molecular weight is 289 g/mol. The van der Waals surface area contributed by atoms with Crippen molar-refractivity contribution in [1.82, 2.24) is 0 Å². The normalized spacial score (nSPS) is 22.9. The van der Waals surface area contributed by atoms with Crippen LogP contribution in [-0.2, 0) is 5.41 Å². The Hall–Kier alpha value is -1.18. The molecule has 0 amide bonds. The predicted octanol–water partition coefficient (Wildman–Crippen LogP) is 5.37. The number of ether oxygens (including phenoxy) is 1. The minimum Gasteiger partial charge on any atom is -0.495 e. The smallest absolute Gasteiger partial charge is 0.141 e. The molecule has 0 radical (unpaired) electrons. The van der Waals surface area contributed by atoms with E-state index in [-0.39, 0.29) is 5.41 Å². The van der Waals surface area contributed by atoms with Gasteiger partial charge in [0.05, 0.1) is 12.8 Å². The number of benzene rings is 1. The lowest BCUT2D eigenvalue weighted by Gasteiger charge is -2.30. The van der Waals surface area contributed by atoms with Gasteiger partial charge in [-0.2, -0.15) is 0 Å². The van der Waals surface area contributed by atoms with Crippen LogP contribution in [0.2, 0.25) is 0 Å². The van der Waals surface area contributed by atoms with E-state index in [2.05, 4.69) is 51.2 Å². The second-order valence-electron chi connectivity index (χ2n) is 7.44. The van der Waals surface area contributed by atoms with Crippen molar-refractivity contribution in [2.75, 3.05) is 12.4 Å². The first-order valence-corrected chi connectivity index (χ1v) is 8.39. The zero-order chi connectivity index (χ0) is 15.5. The summed E-state index contributed by atoms with van der Waals surface area (Å²) in [5.41, 5.74) is 2.68. The third-order valence-electron chi connectivity index (χ3n) is 4.85.